The smallest absolute Gasteiger partial charge is 0.254 e. The summed E-state index contributed by atoms with van der Waals surface area (Å²) in [6.07, 6.45) is 2.48. The Bertz CT molecular complexity index is 1120. The van der Waals surface area contributed by atoms with Crippen LogP contribution in [-0.2, 0) is 27.9 Å². The number of rotatable bonds is 6. The molecule has 6 rings (SSSR count). The first-order valence-corrected chi connectivity index (χ1v) is 12.3. The molecule has 1 spiro atoms. The Morgan fingerprint density at radius 1 is 1.15 bits per heavy atom. The van der Waals surface area contributed by atoms with Gasteiger partial charge in [-0.15, -0.1) is 0 Å². The van der Waals surface area contributed by atoms with Gasteiger partial charge < -0.3 is 20.1 Å². The first-order chi connectivity index (χ1) is 16.5. The van der Waals surface area contributed by atoms with E-state index in [-0.39, 0.29) is 23.1 Å². The Balaban J connectivity index is 1.14. The highest BCUT2D eigenvalue weighted by Gasteiger charge is 2.51. The molecule has 2 fully saturated rings. The molecule has 178 valence electrons. The predicted octanol–water partition coefficient (Wildman–Crippen LogP) is 2.18. The second-order valence-corrected chi connectivity index (χ2v) is 10.4. The molecule has 0 unspecified atom stereocenters. The number of ether oxygens (including phenoxy) is 1. The van der Waals surface area contributed by atoms with Crippen molar-refractivity contribution in [1.82, 2.24) is 9.80 Å². The number of fused-ring (bicyclic) bond motifs is 3. The number of aliphatic hydroxyl groups excluding tert-OH is 1. The Labute approximate surface area is 199 Å². The highest BCUT2D eigenvalue weighted by molar-refractivity contribution is 6.00. The van der Waals surface area contributed by atoms with E-state index in [0.717, 1.165) is 37.9 Å². The summed E-state index contributed by atoms with van der Waals surface area (Å²) < 4.78 is 5.11. The van der Waals surface area contributed by atoms with Crippen LogP contribution in [0.5, 0.6) is 0 Å². The van der Waals surface area contributed by atoms with Crippen molar-refractivity contribution in [3.63, 3.8) is 0 Å². The van der Waals surface area contributed by atoms with Gasteiger partial charge in [0, 0.05) is 49.4 Å². The second kappa shape index (κ2) is 8.48. The molecule has 2 N–H and O–H groups in total. The van der Waals surface area contributed by atoms with Crippen LogP contribution < -0.4 is 5.32 Å². The van der Waals surface area contributed by atoms with E-state index >= 15 is 0 Å². The predicted molar refractivity (Wildman–Crippen MR) is 128 cm³/mol. The van der Waals surface area contributed by atoms with E-state index in [1.807, 2.05) is 23.1 Å². The number of anilines is 1. The van der Waals surface area contributed by atoms with E-state index in [4.69, 9.17) is 4.74 Å². The van der Waals surface area contributed by atoms with Crippen LogP contribution in [-0.4, -0.2) is 72.2 Å². The number of nitrogens with one attached hydrogen (secondary N) is 1. The zero-order valence-electron chi connectivity index (χ0n) is 19.3. The van der Waals surface area contributed by atoms with Gasteiger partial charge in [0.2, 0.25) is 5.91 Å². The van der Waals surface area contributed by atoms with Gasteiger partial charge in [0.25, 0.3) is 5.91 Å². The van der Waals surface area contributed by atoms with Gasteiger partial charge in [-0.25, -0.2) is 0 Å². The van der Waals surface area contributed by atoms with Crippen LogP contribution in [0.25, 0.3) is 0 Å². The molecule has 1 saturated heterocycles. The van der Waals surface area contributed by atoms with Crippen LogP contribution in [0.1, 0.15) is 39.9 Å². The van der Waals surface area contributed by atoms with Crippen molar-refractivity contribution in [2.75, 3.05) is 44.7 Å². The van der Waals surface area contributed by atoms with E-state index in [1.54, 1.807) is 0 Å². The monoisotopic (exact) mass is 461 g/mol. The van der Waals surface area contributed by atoms with Crippen LogP contribution in [0.15, 0.2) is 42.5 Å². The van der Waals surface area contributed by atoms with Crippen molar-refractivity contribution in [3.05, 3.63) is 64.7 Å². The molecule has 2 aromatic rings. The molecular formula is C27H31N3O4. The minimum absolute atomic E-state index is 0.00260. The first kappa shape index (κ1) is 21.8. The van der Waals surface area contributed by atoms with Crippen molar-refractivity contribution in [3.8, 4) is 0 Å². The molecule has 34 heavy (non-hydrogen) atoms. The molecule has 3 aliphatic heterocycles. The van der Waals surface area contributed by atoms with Gasteiger partial charge in [0.1, 0.15) is 0 Å². The third-order valence-electron chi connectivity index (χ3n) is 7.84. The number of amides is 2. The molecule has 7 heteroatoms. The van der Waals surface area contributed by atoms with Gasteiger partial charge in [-0.05, 0) is 48.1 Å². The summed E-state index contributed by atoms with van der Waals surface area (Å²) >= 11 is 0. The fourth-order valence-electron chi connectivity index (χ4n) is 5.63. The topological polar surface area (TPSA) is 82.1 Å². The molecule has 2 amide bonds. The van der Waals surface area contributed by atoms with Crippen molar-refractivity contribution in [1.29, 1.82) is 0 Å². The van der Waals surface area contributed by atoms with Crippen molar-refractivity contribution in [2.45, 2.75) is 37.3 Å². The Kier molecular flexibility index (Phi) is 5.43. The van der Waals surface area contributed by atoms with Gasteiger partial charge in [0.05, 0.1) is 25.2 Å². The van der Waals surface area contributed by atoms with Gasteiger partial charge in [0.15, 0.2) is 0 Å². The van der Waals surface area contributed by atoms with E-state index in [9.17, 15) is 14.7 Å². The first-order valence-electron chi connectivity index (χ1n) is 12.3. The fourth-order valence-corrected chi connectivity index (χ4v) is 5.63. The standard InChI is InChI=1S/C27H31N3O4/c31-22(13-29-10-7-18-3-1-2-4-19(18)12-29)14-30-17-27(8-9-27)24-6-5-21(11-23(24)26(30)33)28-25(32)20-15-34-16-20/h1-6,11,20,22,31H,7-10,12-17H2,(H,28,32)/t22-/m1/s1. The van der Waals surface area contributed by atoms with E-state index < -0.39 is 6.10 Å². The number of aliphatic hydroxyl groups is 1. The van der Waals surface area contributed by atoms with Gasteiger partial charge in [-0.3, -0.25) is 14.5 Å². The SMILES string of the molecule is O=C(Nc1ccc2c(c1)C(=O)N(C[C@H](O)CN1CCc3ccccc3C1)CC21CC1)C1COC1. The minimum Gasteiger partial charge on any atom is -0.390 e. The molecule has 1 saturated carbocycles. The molecule has 3 heterocycles. The van der Waals surface area contributed by atoms with Gasteiger partial charge in [-0.1, -0.05) is 30.3 Å². The average Bonchev–Trinajstić information content (AvgIpc) is 3.56. The Morgan fingerprint density at radius 2 is 1.94 bits per heavy atom. The number of carbonyl (C=O) groups is 2. The lowest BCUT2D eigenvalue weighted by atomic mass is 9.86. The largest absolute Gasteiger partial charge is 0.390 e. The summed E-state index contributed by atoms with van der Waals surface area (Å²) in [7, 11) is 0. The lowest BCUT2D eigenvalue weighted by molar-refractivity contribution is -0.133. The molecule has 0 bridgehead atoms. The Morgan fingerprint density at radius 3 is 2.68 bits per heavy atom. The normalized spacial score (nSPS) is 22.0. The van der Waals surface area contributed by atoms with Crippen LogP contribution in [0.4, 0.5) is 5.69 Å². The Hall–Kier alpha value is -2.74. The molecule has 1 aliphatic carbocycles. The maximum absolute atomic E-state index is 13.4. The summed E-state index contributed by atoms with van der Waals surface area (Å²) in [4.78, 5) is 29.9. The third kappa shape index (κ3) is 4.02. The second-order valence-electron chi connectivity index (χ2n) is 10.4. The van der Waals surface area contributed by atoms with Crippen molar-refractivity contribution < 1.29 is 19.4 Å². The van der Waals surface area contributed by atoms with Crippen LogP contribution in [0.3, 0.4) is 0 Å². The molecule has 2 aromatic carbocycles. The van der Waals surface area contributed by atoms with Crippen LogP contribution >= 0.6 is 0 Å². The van der Waals surface area contributed by atoms with Gasteiger partial charge >= 0.3 is 0 Å². The fraction of sp³-hybridized carbons (Fsp3) is 0.481. The third-order valence-corrected chi connectivity index (χ3v) is 7.84. The van der Waals surface area contributed by atoms with Crippen LogP contribution in [0, 0.1) is 5.92 Å². The number of hydrogen-bond donors (Lipinski definition) is 2. The average molecular weight is 462 g/mol. The quantitative estimate of drug-likeness (QED) is 0.689. The van der Waals surface area contributed by atoms with E-state index in [1.165, 1.54) is 11.1 Å². The maximum atomic E-state index is 13.4. The molecule has 0 aromatic heterocycles. The molecule has 1 atom stereocenters. The van der Waals surface area contributed by atoms with E-state index in [2.05, 4.69) is 34.5 Å². The molecule has 4 aliphatic rings. The van der Waals surface area contributed by atoms with Crippen LogP contribution in [0.2, 0.25) is 0 Å². The number of β-amino-alcohol motifs (C(OH)–C–C–N with tert-alkyl or cyclic N) is 1. The molecule has 0 radical (unpaired) electrons. The number of carbonyl (C=O) groups excluding carboxylic acids is 2. The summed E-state index contributed by atoms with van der Waals surface area (Å²) in [5.41, 5.74) is 5.10. The number of benzene rings is 2. The number of nitrogens with zero attached hydrogens (tertiary/aromatic N) is 2. The van der Waals surface area contributed by atoms with Crippen molar-refractivity contribution >= 4 is 17.5 Å². The zero-order valence-corrected chi connectivity index (χ0v) is 19.3. The lowest BCUT2D eigenvalue weighted by Gasteiger charge is -2.37. The highest BCUT2D eigenvalue weighted by atomic mass is 16.5. The zero-order chi connectivity index (χ0) is 23.3. The lowest BCUT2D eigenvalue weighted by Crippen LogP contribution is -2.49. The summed E-state index contributed by atoms with van der Waals surface area (Å²) in [5, 5.41) is 13.9. The van der Waals surface area contributed by atoms with Crippen molar-refractivity contribution in [2.24, 2.45) is 5.92 Å². The van der Waals surface area contributed by atoms with E-state index in [0.29, 0.717) is 44.1 Å². The highest BCUT2D eigenvalue weighted by Crippen LogP contribution is 2.52. The molecule has 7 nitrogen and oxygen atoms in total. The summed E-state index contributed by atoms with van der Waals surface area (Å²) in [5.74, 6) is -0.237. The molecular weight excluding hydrogens is 430 g/mol. The summed E-state index contributed by atoms with van der Waals surface area (Å²) in [6, 6.07) is 14.2. The minimum atomic E-state index is -0.604. The maximum Gasteiger partial charge on any atom is 0.254 e. The summed E-state index contributed by atoms with van der Waals surface area (Å²) in [6.45, 7) is 4.20. The van der Waals surface area contributed by atoms with Gasteiger partial charge in [-0.2, -0.15) is 0 Å². The number of hydrogen-bond acceptors (Lipinski definition) is 5.